The molecule has 1 saturated heterocycles. The van der Waals surface area contributed by atoms with E-state index in [9.17, 15) is 13.2 Å². The van der Waals surface area contributed by atoms with Crippen molar-refractivity contribution in [2.24, 2.45) is 0 Å². The minimum atomic E-state index is -3.02. The summed E-state index contributed by atoms with van der Waals surface area (Å²) in [5.74, 6) is 0.0558. The average molecular weight is 299 g/mol. The molecule has 0 N–H and O–H groups in total. The number of nitrogens with zero attached hydrogens (tertiary/aromatic N) is 1. The van der Waals surface area contributed by atoms with Gasteiger partial charge in [0.2, 0.25) is 0 Å². The molecule has 0 radical (unpaired) electrons. The summed E-state index contributed by atoms with van der Waals surface area (Å²) in [6, 6.07) is 7.40. The zero-order valence-electron chi connectivity index (χ0n) is 11.0. The zero-order valence-corrected chi connectivity index (χ0v) is 12.6. The molecule has 2 rings (SSSR count). The molecule has 104 valence electrons. The summed E-state index contributed by atoms with van der Waals surface area (Å²) in [5.41, 5.74) is 0.624. The topological polar surface area (TPSA) is 54.5 Å². The van der Waals surface area contributed by atoms with Gasteiger partial charge in [0.25, 0.3) is 5.91 Å². The monoisotopic (exact) mass is 299 g/mol. The Labute approximate surface area is 118 Å². The van der Waals surface area contributed by atoms with Crippen LogP contribution >= 0.6 is 11.8 Å². The van der Waals surface area contributed by atoms with E-state index in [-0.39, 0.29) is 16.9 Å². The van der Waals surface area contributed by atoms with Crippen LogP contribution in [0.1, 0.15) is 17.3 Å². The van der Waals surface area contributed by atoms with Crippen LogP contribution in [0.15, 0.2) is 29.2 Å². The smallest absolute Gasteiger partial charge is 0.253 e. The van der Waals surface area contributed by atoms with E-state index in [1.54, 1.807) is 29.7 Å². The molecule has 0 bridgehead atoms. The van der Waals surface area contributed by atoms with E-state index < -0.39 is 9.84 Å². The Balaban J connectivity index is 2.04. The molecule has 4 nitrogen and oxygen atoms in total. The Hall–Kier alpha value is -1.01. The summed E-state index contributed by atoms with van der Waals surface area (Å²) in [4.78, 5) is 14.8. The Kier molecular flexibility index (Phi) is 4.20. The highest BCUT2D eigenvalue weighted by molar-refractivity contribution is 7.98. The predicted octanol–water partition coefficient (Wildman–Crippen LogP) is 1.67. The zero-order chi connectivity index (χ0) is 14.0. The lowest BCUT2D eigenvalue weighted by atomic mass is 10.1. The van der Waals surface area contributed by atoms with Gasteiger partial charge in [-0.25, -0.2) is 8.42 Å². The molecule has 0 unspecified atom stereocenters. The Bertz CT molecular complexity index is 577. The Morgan fingerprint density at radius 2 is 2.11 bits per heavy atom. The van der Waals surface area contributed by atoms with Crippen molar-refractivity contribution in [3.8, 4) is 0 Å². The van der Waals surface area contributed by atoms with E-state index in [1.807, 2.05) is 24.5 Å². The van der Waals surface area contributed by atoms with Crippen molar-refractivity contribution in [2.75, 3.05) is 25.1 Å². The summed E-state index contributed by atoms with van der Waals surface area (Å²) in [6.07, 6.45) is 1.96. The highest BCUT2D eigenvalue weighted by Gasteiger charge is 2.38. The molecule has 1 amide bonds. The minimum absolute atomic E-state index is 0.0848. The molecule has 1 aliphatic rings. The number of carbonyl (C=O) groups excluding carboxylic acids is 1. The van der Waals surface area contributed by atoms with Gasteiger partial charge in [-0.3, -0.25) is 4.79 Å². The number of hydrogen-bond acceptors (Lipinski definition) is 4. The van der Waals surface area contributed by atoms with Crippen molar-refractivity contribution in [2.45, 2.75) is 17.1 Å². The van der Waals surface area contributed by atoms with Gasteiger partial charge < -0.3 is 4.90 Å². The molecule has 1 aromatic rings. The lowest BCUT2D eigenvalue weighted by Crippen LogP contribution is -2.57. The maximum atomic E-state index is 12.2. The van der Waals surface area contributed by atoms with Crippen LogP contribution in [-0.4, -0.2) is 49.6 Å². The molecular weight excluding hydrogens is 282 g/mol. The van der Waals surface area contributed by atoms with Crippen LogP contribution in [0.4, 0.5) is 0 Å². The normalized spacial score (nSPS) is 16.2. The predicted molar refractivity (Wildman–Crippen MR) is 77.4 cm³/mol. The van der Waals surface area contributed by atoms with E-state index in [1.165, 1.54) is 0 Å². The molecule has 0 atom stereocenters. The Morgan fingerprint density at radius 1 is 1.42 bits per heavy atom. The van der Waals surface area contributed by atoms with Crippen LogP contribution in [0.3, 0.4) is 0 Å². The van der Waals surface area contributed by atoms with E-state index >= 15 is 0 Å². The molecule has 1 heterocycles. The van der Waals surface area contributed by atoms with Crippen molar-refractivity contribution in [3.63, 3.8) is 0 Å². The highest BCUT2D eigenvalue weighted by Crippen LogP contribution is 2.22. The first kappa shape index (κ1) is 14.4. The largest absolute Gasteiger partial charge is 0.336 e. The number of rotatable bonds is 4. The number of amides is 1. The van der Waals surface area contributed by atoms with Crippen molar-refractivity contribution >= 4 is 27.5 Å². The number of hydrogen-bond donors (Lipinski definition) is 0. The third-order valence-electron chi connectivity index (χ3n) is 3.36. The highest BCUT2D eigenvalue weighted by atomic mass is 32.2. The quantitative estimate of drug-likeness (QED) is 0.794. The summed E-state index contributed by atoms with van der Waals surface area (Å²) in [5, 5.41) is -0.384. The molecule has 1 fully saturated rings. The van der Waals surface area contributed by atoms with Gasteiger partial charge in [0.1, 0.15) is 0 Å². The first-order chi connectivity index (χ1) is 8.97. The third-order valence-corrected chi connectivity index (χ3v) is 6.21. The fourth-order valence-electron chi connectivity index (χ4n) is 2.01. The molecule has 1 aromatic carbocycles. The van der Waals surface area contributed by atoms with Gasteiger partial charge in [-0.1, -0.05) is 13.0 Å². The number of sulfone groups is 1. The summed E-state index contributed by atoms with van der Waals surface area (Å²) < 4.78 is 23.3. The van der Waals surface area contributed by atoms with Gasteiger partial charge >= 0.3 is 0 Å². The number of thioether (sulfide) groups is 1. The maximum Gasteiger partial charge on any atom is 0.253 e. The van der Waals surface area contributed by atoms with Gasteiger partial charge in [-0.2, -0.15) is 0 Å². The molecule has 0 saturated carbocycles. The maximum absolute atomic E-state index is 12.2. The van der Waals surface area contributed by atoms with E-state index in [2.05, 4.69) is 0 Å². The molecule has 0 spiro atoms. The van der Waals surface area contributed by atoms with E-state index in [0.29, 0.717) is 18.7 Å². The second-order valence-electron chi connectivity index (χ2n) is 4.52. The number of benzene rings is 1. The molecule has 6 heteroatoms. The second kappa shape index (κ2) is 5.54. The van der Waals surface area contributed by atoms with Crippen LogP contribution in [0.5, 0.6) is 0 Å². The number of likely N-dealkylation sites (tertiary alicyclic amines) is 1. The third kappa shape index (κ3) is 2.95. The second-order valence-corrected chi connectivity index (χ2v) is 7.97. The van der Waals surface area contributed by atoms with Gasteiger partial charge in [-0.15, -0.1) is 11.8 Å². The first-order valence-electron chi connectivity index (χ1n) is 6.13. The molecule has 1 aliphatic heterocycles. The van der Waals surface area contributed by atoms with Gasteiger partial charge in [0.05, 0.1) is 5.25 Å². The van der Waals surface area contributed by atoms with Gasteiger partial charge in [-0.05, 0) is 24.5 Å². The summed E-state index contributed by atoms with van der Waals surface area (Å²) in [7, 11) is -3.02. The lowest BCUT2D eigenvalue weighted by molar-refractivity contribution is 0.0658. The van der Waals surface area contributed by atoms with Gasteiger partial charge in [0.15, 0.2) is 9.84 Å². The van der Waals surface area contributed by atoms with Crippen molar-refractivity contribution in [1.82, 2.24) is 4.90 Å². The molecular formula is C13H17NO3S2. The van der Waals surface area contributed by atoms with Crippen LogP contribution in [0.2, 0.25) is 0 Å². The molecule has 0 aromatic heterocycles. The Morgan fingerprint density at radius 3 is 2.68 bits per heavy atom. The van der Waals surface area contributed by atoms with Crippen LogP contribution in [-0.2, 0) is 9.84 Å². The van der Waals surface area contributed by atoms with Crippen molar-refractivity contribution < 1.29 is 13.2 Å². The summed E-state index contributed by atoms with van der Waals surface area (Å²) in [6.45, 7) is 2.28. The molecule has 0 aliphatic carbocycles. The van der Waals surface area contributed by atoms with Crippen molar-refractivity contribution in [3.05, 3.63) is 29.8 Å². The first-order valence-corrected chi connectivity index (χ1v) is 9.07. The van der Waals surface area contributed by atoms with Crippen LogP contribution in [0.25, 0.3) is 0 Å². The molecule has 19 heavy (non-hydrogen) atoms. The van der Waals surface area contributed by atoms with Crippen LogP contribution < -0.4 is 0 Å². The van der Waals surface area contributed by atoms with E-state index in [0.717, 1.165) is 4.90 Å². The van der Waals surface area contributed by atoms with Crippen molar-refractivity contribution in [1.29, 1.82) is 0 Å². The van der Waals surface area contributed by atoms with E-state index in [4.69, 9.17) is 0 Å². The average Bonchev–Trinajstić information content (AvgIpc) is 2.36. The lowest BCUT2D eigenvalue weighted by Gasteiger charge is -2.38. The standard InChI is InChI=1S/C13H17NO3S2/c1-3-19(16,17)12-8-14(9-12)13(15)10-5-4-6-11(7-10)18-2/h4-7,12H,3,8-9H2,1-2H3. The summed E-state index contributed by atoms with van der Waals surface area (Å²) >= 11 is 1.58. The number of carbonyl (C=O) groups is 1. The fraction of sp³-hybridized carbons (Fsp3) is 0.462. The fourth-order valence-corrected chi connectivity index (χ4v) is 3.75. The minimum Gasteiger partial charge on any atom is -0.336 e. The van der Waals surface area contributed by atoms with Crippen LogP contribution in [0, 0.1) is 0 Å². The van der Waals surface area contributed by atoms with Gasteiger partial charge in [0, 0.05) is 29.3 Å². The SMILES string of the molecule is CCS(=O)(=O)C1CN(C(=O)c2cccc(SC)c2)C1.